The van der Waals surface area contributed by atoms with Gasteiger partial charge in [0, 0.05) is 56.4 Å². The van der Waals surface area contributed by atoms with Crippen LogP contribution in [-0.2, 0) is 13.0 Å². The predicted molar refractivity (Wildman–Crippen MR) is 166 cm³/mol. The molecule has 0 N–H and O–H groups in total. The van der Waals surface area contributed by atoms with Gasteiger partial charge in [0.2, 0.25) is 0 Å². The van der Waals surface area contributed by atoms with E-state index in [1.54, 1.807) is 7.11 Å². The van der Waals surface area contributed by atoms with E-state index in [9.17, 15) is 4.79 Å². The molecule has 0 aromatic heterocycles. The summed E-state index contributed by atoms with van der Waals surface area (Å²) in [7, 11) is 1.67. The van der Waals surface area contributed by atoms with Crippen LogP contribution >= 0.6 is 0 Å². The van der Waals surface area contributed by atoms with Gasteiger partial charge in [-0.25, -0.2) is 0 Å². The fourth-order valence-corrected chi connectivity index (χ4v) is 6.25. The highest BCUT2D eigenvalue weighted by atomic mass is 16.5. The standard InChI is InChI=1S/C36H39N3O2/c1-41-33-16-12-28(13-17-33)27-39-21-18-31-14-15-32(26-35(31)36(39)40)38-24-22-37(23-25-38)20-19-34(29-8-4-2-5-9-29)30-10-6-3-7-11-30/h2-17,26,34H,18-25,27H2,1H3. The van der Waals surface area contributed by atoms with E-state index in [4.69, 9.17) is 4.74 Å². The molecule has 6 rings (SSSR count). The molecular formula is C36H39N3O2. The van der Waals surface area contributed by atoms with E-state index in [1.165, 1.54) is 11.1 Å². The minimum atomic E-state index is 0.135. The molecule has 0 bridgehead atoms. The third-order valence-electron chi connectivity index (χ3n) is 8.67. The molecule has 0 unspecified atom stereocenters. The highest BCUT2D eigenvalue weighted by Crippen LogP contribution is 2.30. The van der Waals surface area contributed by atoms with Gasteiger partial charge in [0.25, 0.3) is 5.91 Å². The lowest BCUT2D eigenvalue weighted by Gasteiger charge is -2.37. The number of fused-ring (bicyclic) bond motifs is 1. The maximum Gasteiger partial charge on any atom is 0.254 e. The van der Waals surface area contributed by atoms with Crippen LogP contribution in [0.5, 0.6) is 5.75 Å². The molecule has 4 aromatic carbocycles. The molecule has 2 heterocycles. The molecule has 1 fully saturated rings. The van der Waals surface area contributed by atoms with Crippen LogP contribution in [0.15, 0.2) is 103 Å². The molecule has 0 radical (unpaired) electrons. The fraction of sp³-hybridized carbons (Fsp3) is 0.306. The summed E-state index contributed by atoms with van der Waals surface area (Å²) < 4.78 is 5.28. The highest BCUT2D eigenvalue weighted by Gasteiger charge is 2.26. The summed E-state index contributed by atoms with van der Waals surface area (Å²) >= 11 is 0. The van der Waals surface area contributed by atoms with Crippen LogP contribution in [0.2, 0.25) is 0 Å². The van der Waals surface area contributed by atoms with Crippen LogP contribution in [0.3, 0.4) is 0 Å². The van der Waals surface area contributed by atoms with Crippen molar-refractivity contribution in [2.45, 2.75) is 25.3 Å². The minimum absolute atomic E-state index is 0.135. The number of methoxy groups -OCH3 is 1. The maximum atomic E-state index is 13.5. The normalized spacial score (nSPS) is 15.7. The van der Waals surface area contributed by atoms with Crippen LogP contribution in [0, 0.1) is 0 Å². The summed E-state index contributed by atoms with van der Waals surface area (Å²) in [5.74, 6) is 1.37. The summed E-state index contributed by atoms with van der Waals surface area (Å²) in [5, 5.41) is 0. The van der Waals surface area contributed by atoms with Crippen molar-refractivity contribution in [3.05, 3.63) is 131 Å². The van der Waals surface area contributed by atoms with E-state index >= 15 is 0 Å². The SMILES string of the molecule is COc1ccc(CN2CCc3ccc(N4CCN(CCC(c5ccccc5)c5ccccc5)CC4)cc3C2=O)cc1. The van der Waals surface area contributed by atoms with Crippen molar-refractivity contribution >= 4 is 11.6 Å². The number of benzene rings is 4. The van der Waals surface area contributed by atoms with Gasteiger partial charge in [-0.05, 0) is 65.9 Å². The number of hydrogen-bond donors (Lipinski definition) is 0. The highest BCUT2D eigenvalue weighted by molar-refractivity contribution is 5.97. The molecule has 0 atom stereocenters. The van der Waals surface area contributed by atoms with Crippen molar-refractivity contribution in [2.24, 2.45) is 0 Å². The van der Waals surface area contributed by atoms with Gasteiger partial charge >= 0.3 is 0 Å². The van der Waals surface area contributed by atoms with Crippen molar-refractivity contribution in [1.29, 1.82) is 0 Å². The zero-order valence-corrected chi connectivity index (χ0v) is 23.9. The van der Waals surface area contributed by atoms with E-state index in [0.717, 1.165) is 80.2 Å². The first kappa shape index (κ1) is 27.1. The van der Waals surface area contributed by atoms with Gasteiger partial charge < -0.3 is 14.5 Å². The lowest BCUT2D eigenvalue weighted by Crippen LogP contribution is -2.47. The second kappa shape index (κ2) is 12.6. The molecule has 1 amide bonds. The number of amides is 1. The van der Waals surface area contributed by atoms with Crippen molar-refractivity contribution in [2.75, 3.05) is 51.3 Å². The van der Waals surface area contributed by atoms with Gasteiger partial charge in [0.15, 0.2) is 0 Å². The molecule has 41 heavy (non-hydrogen) atoms. The Labute approximate surface area is 244 Å². The minimum Gasteiger partial charge on any atom is -0.497 e. The Morgan fingerprint density at radius 1 is 0.756 bits per heavy atom. The number of ether oxygens (including phenoxy) is 1. The molecular weight excluding hydrogens is 506 g/mol. The summed E-state index contributed by atoms with van der Waals surface area (Å²) in [6.45, 7) is 6.47. The lowest BCUT2D eigenvalue weighted by molar-refractivity contribution is 0.0727. The first-order valence-corrected chi connectivity index (χ1v) is 14.8. The molecule has 0 saturated carbocycles. The van der Waals surface area contributed by atoms with Crippen LogP contribution in [-0.4, -0.2) is 62.1 Å². The number of carbonyl (C=O) groups excluding carboxylic acids is 1. The lowest BCUT2D eigenvalue weighted by atomic mass is 9.88. The molecule has 5 nitrogen and oxygen atoms in total. The molecule has 1 saturated heterocycles. The Morgan fingerprint density at radius 3 is 2.05 bits per heavy atom. The number of carbonyl (C=O) groups is 1. The first-order valence-electron chi connectivity index (χ1n) is 14.8. The Hall–Kier alpha value is -4.09. The summed E-state index contributed by atoms with van der Waals surface area (Å²) in [6, 6.07) is 36.3. The van der Waals surface area contributed by atoms with Crippen LogP contribution in [0.1, 0.15) is 45.0 Å². The quantitative estimate of drug-likeness (QED) is 0.250. The average Bonchev–Trinajstić information content (AvgIpc) is 3.04. The predicted octanol–water partition coefficient (Wildman–Crippen LogP) is 6.24. The zero-order valence-electron chi connectivity index (χ0n) is 23.9. The van der Waals surface area contributed by atoms with Gasteiger partial charge in [0.1, 0.15) is 5.75 Å². The second-order valence-corrected chi connectivity index (χ2v) is 11.2. The van der Waals surface area contributed by atoms with Crippen molar-refractivity contribution in [3.8, 4) is 5.75 Å². The number of anilines is 1. The number of nitrogens with zero attached hydrogens (tertiary/aromatic N) is 3. The molecule has 5 heteroatoms. The van der Waals surface area contributed by atoms with Crippen molar-refractivity contribution in [3.63, 3.8) is 0 Å². The molecule has 0 aliphatic carbocycles. The van der Waals surface area contributed by atoms with Crippen LogP contribution < -0.4 is 9.64 Å². The third-order valence-corrected chi connectivity index (χ3v) is 8.67. The number of rotatable bonds is 9. The monoisotopic (exact) mass is 545 g/mol. The van der Waals surface area contributed by atoms with E-state index in [0.29, 0.717) is 12.5 Å². The van der Waals surface area contributed by atoms with Crippen molar-refractivity contribution in [1.82, 2.24) is 9.80 Å². The third kappa shape index (κ3) is 6.31. The largest absolute Gasteiger partial charge is 0.497 e. The topological polar surface area (TPSA) is 36.0 Å². The van der Waals surface area contributed by atoms with E-state index < -0.39 is 0 Å². The van der Waals surface area contributed by atoms with Gasteiger partial charge in [-0.2, -0.15) is 0 Å². The fourth-order valence-electron chi connectivity index (χ4n) is 6.25. The second-order valence-electron chi connectivity index (χ2n) is 11.2. The first-order chi connectivity index (χ1) is 20.2. The molecule has 2 aliphatic rings. The Balaban J connectivity index is 1.07. The van der Waals surface area contributed by atoms with Crippen molar-refractivity contribution < 1.29 is 9.53 Å². The van der Waals surface area contributed by atoms with Gasteiger partial charge in [-0.1, -0.05) is 78.9 Å². The molecule has 0 spiro atoms. The number of piperazine rings is 1. The zero-order chi connectivity index (χ0) is 28.0. The summed E-state index contributed by atoms with van der Waals surface area (Å²) in [6.07, 6.45) is 2.00. The maximum absolute atomic E-state index is 13.5. The Bertz CT molecular complexity index is 1390. The summed E-state index contributed by atoms with van der Waals surface area (Å²) in [4.78, 5) is 20.5. The van der Waals surface area contributed by atoms with Crippen LogP contribution in [0.4, 0.5) is 5.69 Å². The van der Waals surface area contributed by atoms with Gasteiger partial charge in [-0.3, -0.25) is 9.69 Å². The van der Waals surface area contributed by atoms with Gasteiger partial charge in [0.05, 0.1) is 7.11 Å². The Morgan fingerprint density at radius 2 is 1.41 bits per heavy atom. The van der Waals surface area contributed by atoms with Crippen LogP contribution in [0.25, 0.3) is 0 Å². The van der Waals surface area contributed by atoms with E-state index in [1.807, 2.05) is 29.2 Å². The number of hydrogen-bond acceptors (Lipinski definition) is 4. The van der Waals surface area contributed by atoms with E-state index in [-0.39, 0.29) is 5.91 Å². The molecule has 2 aliphatic heterocycles. The average molecular weight is 546 g/mol. The van der Waals surface area contributed by atoms with Gasteiger partial charge in [-0.15, -0.1) is 0 Å². The summed E-state index contributed by atoms with van der Waals surface area (Å²) in [5.41, 5.74) is 7.08. The van der Waals surface area contributed by atoms with E-state index in [2.05, 4.69) is 88.7 Å². The Kier molecular flexibility index (Phi) is 8.33. The smallest absolute Gasteiger partial charge is 0.254 e. The molecule has 210 valence electrons. The molecule has 4 aromatic rings.